The third-order valence-electron chi connectivity index (χ3n) is 2.76. The molecule has 0 spiro atoms. The molecule has 0 aliphatic rings. The van der Waals surface area contributed by atoms with Crippen LogP contribution in [0.25, 0.3) is 0 Å². The van der Waals surface area contributed by atoms with Crippen LogP contribution in [0.5, 0.6) is 0 Å². The predicted molar refractivity (Wildman–Crippen MR) is 78.6 cm³/mol. The van der Waals surface area contributed by atoms with Crippen molar-refractivity contribution in [3.63, 3.8) is 0 Å². The monoisotopic (exact) mass is 319 g/mol. The topological polar surface area (TPSA) is 59.2 Å². The summed E-state index contributed by atoms with van der Waals surface area (Å²) in [5, 5.41) is 0. The number of nitrogens with zero attached hydrogens (tertiary/aromatic N) is 2. The average molecular weight is 320 g/mol. The van der Waals surface area contributed by atoms with E-state index in [1.807, 2.05) is 12.1 Å². The molecule has 1 aromatic carbocycles. The van der Waals surface area contributed by atoms with Gasteiger partial charge in [-0.2, -0.15) is 0 Å². The van der Waals surface area contributed by atoms with E-state index in [-0.39, 0.29) is 5.91 Å². The van der Waals surface area contributed by atoms with Crippen molar-refractivity contribution in [2.45, 2.75) is 6.54 Å². The van der Waals surface area contributed by atoms with Gasteiger partial charge >= 0.3 is 0 Å². The van der Waals surface area contributed by atoms with Gasteiger partial charge in [-0.25, -0.2) is 0 Å². The van der Waals surface area contributed by atoms with Crippen LogP contribution in [0.2, 0.25) is 0 Å². The number of nitrogens with two attached hydrogens (primary N) is 1. The molecule has 0 aliphatic carbocycles. The molecule has 1 aromatic heterocycles. The number of carbonyl (C=O) groups excluding carboxylic acids is 1. The van der Waals surface area contributed by atoms with Gasteiger partial charge in [0.15, 0.2) is 0 Å². The highest BCUT2D eigenvalue weighted by Gasteiger charge is 2.12. The van der Waals surface area contributed by atoms with E-state index in [0.717, 1.165) is 10.0 Å². The molecular formula is C14H14BrN3O. The molecule has 0 saturated heterocycles. The van der Waals surface area contributed by atoms with E-state index in [1.165, 1.54) is 0 Å². The van der Waals surface area contributed by atoms with E-state index in [0.29, 0.717) is 17.8 Å². The van der Waals surface area contributed by atoms with Crippen LogP contribution in [0.1, 0.15) is 15.9 Å². The Morgan fingerprint density at radius 2 is 2.00 bits per heavy atom. The van der Waals surface area contributed by atoms with E-state index in [9.17, 15) is 4.79 Å². The highest BCUT2D eigenvalue weighted by Crippen LogP contribution is 2.21. The minimum Gasteiger partial charge on any atom is -0.398 e. The molecule has 1 heterocycles. The fraction of sp³-hybridized carbons (Fsp3) is 0.143. The van der Waals surface area contributed by atoms with Crippen molar-refractivity contribution >= 4 is 27.5 Å². The summed E-state index contributed by atoms with van der Waals surface area (Å²) in [6.07, 6.45) is 3.43. The molecular weight excluding hydrogens is 306 g/mol. The van der Waals surface area contributed by atoms with Crippen LogP contribution in [0.3, 0.4) is 0 Å². The van der Waals surface area contributed by atoms with Gasteiger partial charge in [-0.3, -0.25) is 9.78 Å². The lowest BCUT2D eigenvalue weighted by Gasteiger charge is -2.17. The number of nitrogen functional groups attached to an aromatic ring is 1. The van der Waals surface area contributed by atoms with Gasteiger partial charge in [0.05, 0.1) is 0 Å². The van der Waals surface area contributed by atoms with Gasteiger partial charge in [0, 0.05) is 41.7 Å². The molecule has 2 rings (SSSR count). The summed E-state index contributed by atoms with van der Waals surface area (Å²) in [6, 6.07) is 8.99. The molecule has 5 heteroatoms. The first-order valence-corrected chi connectivity index (χ1v) is 6.56. The molecule has 2 N–H and O–H groups in total. The Balaban J connectivity index is 2.12. The lowest BCUT2D eigenvalue weighted by atomic mass is 10.1. The van der Waals surface area contributed by atoms with Gasteiger partial charge in [0.25, 0.3) is 5.91 Å². The Bertz CT molecular complexity index is 586. The number of aromatic nitrogens is 1. The van der Waals surface area contributed by atoms with Crippen LogP contribution in [0, 0.1) is 0 Å². The highest BCUT2D eigenvalue weighted by molar-refractivity contribution is 9.10. The molecule has 0 atom stereocenters. The predicted octanol–water partition coefficient (Wildman–Crippen LogP) is 2.70. The maximum absolute atomic E-state index is 12.3. The normalized spacial score (nSPS) is 10.2. The van der Waals surface area contributed by atoms with E-state index in [4.69, 9.17) is 5.73 Å². The summed E-state index contributed by atoms with van der Waals surface area (Å²) in [7, 11) is 1.76. The molecule has 98 valence electrons. The van der Waals surface area contributed by atoms with Gasteiger partial charge in [-0.1, -0.05) is 0 Å². The first-order chi connectivity index (χ1) is 9.08. The Morgan fingerprint density at radius 1 is 1.32 bits per heavy atom. The zero-order valence-corrected chi connectivity index (χ0v) is 12.1. The molecule has 0 unspecified atom stereocenters. The summed E-state index contributed by atoms with van der Waals surface area (Å²) in [5.41, 5.74) is 7.96. The number of pyridine rings is 1. The lowest BCUT2D eigenvalue weighted by Crippen LogP contribution is -2.26. The van der Waals surface area contributed by atoms with Crippen molar-refractivity contribution in [1.82, 2.24) is 9.88 Å². The number of hydrogen-bond donors (Lipinski definition) is 1. The smallest absolute Gasteiger partial charge is 0.253 e. The van der Waals surface area contributed by atoms with Gasteiger partial charge in [0.2, 0.25) is 0 Å². The number of amides is 1. The first-order valence-electron chi connectivity index (χ1n) is 5.77. The number of carbonyl (C=O) groups is 1. The van der Waals surface area contributed by atoms with Gasteiger partial charge in [-0.15, -0.1) is 0 Å². The molecule has 4 nitrogen and oxygen atoms in total. The molecule has 0 radical (unpaired) electrons. The lowest BCUT2D eigenvalue weighted by molar-refractivity contribution is 0.0785. The van der Waals surface area contributed by atoms with Gasteiger partial charge < -0.3 is 10.6 Å². The molecule has 2 aromatic rings. The van der Waals surface area contributed by atoms with Crippen LogP contribution in [-0.4, -0.2) is 22.8 Å². The third kappa shape index (κ3) is 3.32. The van der Waals surface area contributed by atoms with E-state index >= 15 is 0 Å². The summed E-state index contributed by atoms with van der Waals surface area (Å²) < 4.78 is 0.792. The van der Waals surface area contributed by atoms with Gasteiger partial charge in [0.1, 0.15) is 0 Å². The van der Waals surface area contributed by atoms with Crippen LogP contribution in [0.4, 0.5) is 5.69 Å². The standard InChI is InChI=1S/C14H14BrN3O/c1-18(9-10-4-6-17-7-5-10)14(19)11-2-3-12(15)13(16)8-11/h2-8H,9,16H2,1H3. The van der Waals surface area contributed by atoms with Crippen LogP contribution < -0.4 is 5.73 Å². The average Bonchev–Trinajstić information content (AvgIpc) is 2.42. The van der Waals surface area contributed by atoms with E-state index in [1.54, 1.807) is 42.5 Å². The van der Waals surface area contributed by atoms with Gasteiger partial charge in [-0.05, 0) is 51.8 Å². The first kappa shape index (κ1) is 13.5. The van der Waals surface area contributed by atoms with E-state index in [2.05, 4.69) is 20.9 Å². The minimum atomic E-state index is -0.0592. The van der Waals surface area contributed by atoms with Crippen molar-refractivity contribution in [1.29, 1.82) is 0 Å². The number of benzene rings is 1. The van der Waals surface area contributed by atoms with Crippen LogP contribution in [0.15, 0.2) is 47.2 Å². The second kappa shape index (κ2) is 5.84. The molecule has 19 heavy (non-hydrogen) atoms. The summed E-state index contributed by atoms with van der Waals surface area (Å²) in [6.45, 7) is 0.539. The quantitative estimate of drug-likeness (QED) is 0.885. The van der Waals surface area contributed by atoms with Crippen LogP contribution in [-0.2, 0) is 6.54 Å². The molecule has 0 aliphatic heterocycles. The Hall–Kier alpha value is -1.88. The third-order valence-corrected chi connectivity index (χ3v) is 3.48. The minimum absolute atomic E-state index is 0.0592. The maximum Gasteiger partial charge on any atom is 0.253 e. The Labute approximate surface area is 120 Å². The molecule has 0 saturated carbocycles. The fourth-order valence-electron chi connectivity index (χ4n) is 1.73. The van der Waals surface area contributed by atoms with Crippen molar-refractivity contribution in [3.8, 4) is 0 Å². The molecule has 0 bridgehead atoms. The van der Waals surface area contributed by atoms with Crippen molar-refractivity contribution < 1.29 is 4.79 Å². The Kier molecular flexibility index (Phi) is 4.16. The second-order valence-electron chi connectivity index (χ2n) is 4.25. The molecule has 0 fully saturated rings. The second-order valence-corrected chi connectivity index (χ2v) is 5.11. The number of halogens is 1. The van der Waals surface area contributed by atoms with E-state index < -0.39 is 0 Å². The fourth-order valence-corrected chi connectivity index (χ4v) is 1.98. The van der Waals surface area contributed by atoms with Crippen molar-refractivity contribution in [2.24, 2.45) is 0 Å². The maximum atomic E-state index is 12.3. The number of hydrogen-bond acceptors (Lipinski definition) is 3. The van der Waals surface area contributed by atoms with Crippen LogP contribution >= 0.6 is 15.9 Å². The highest BCUT2D eigenvalue weighted by atomic mass is 79.9. The van der Waals surface area contributed by atoms with Crippen molar-refractivity contribution in [2.75, 3.05) is 12.8 Å². The summed E-state index contributed by atoms with van der Waals surface area (Å²) in [5.74, 6) is -0.0592. The largest absolute Gasteiger partial charge is 0.398 e. The summed E-state index contributed by atoms with van der Waals surface area (Å²) >= 11 is 3.31. The van der Waals surface area contributed by atoms with Crippen molar-refractivity contribution in [3.05, 3.63) is 58.3 Å². The number of anilines is 1. The molecule has 1 amide bonds. The Morgan fingerprint density at radius 3 is 2.63 bits per heavy atom. The SMILES string of the molecule is CN(Cc1ccncc1)C(=O)c1ccc(Br)c(N)c1. The number of rotatable bonds is 3. The zero-order valence-electron chi connectivity index (χ0n) is 10.5. The zero-order chi connectivity index (χ0) is 13.8. The summed E-state index contributed by atoms with van der Waals surface area (Å²) in [4.78, 5) is 17.9.